The first kappa shape index (κ1) is 20.6. The molecular formula is C18H30N4O3S. The molecule has 0 aromatic carbocycles. The number of hydrogen-bond donors (Lipinski definition) is 0. The molecule has 26 heavy (non-hydrogen) atoms. The number of amides is 2. The summed E-state index contributed by atoms with van der Waals surface area (Å²) in [7, 11) is 0. The summed E-state index contributed by atoms with van der Waals surface area (Å²) in [5, 5.41) is 2.75. The topological polar surface area (TPSA) is 66.0 Å². The Morgan fingerprint density at radius 1 is 1.38 bits per heavy atom. The molecular weight excluding hydrogens is 352 g/mol. The van der Waals surface area contributed by atoms with Gasteiger partial charge in [-0.25, -0.2) is 9.78 Å². The summed E-state index contributed by atoms with van der Waals surface area (Å²) in [6.45, 7) is 14.6. The molecule has 1 atom stereocenters. The molecule has 2 heterocycles. The third-order valence-electron chi connectivity index (χ3n) is 4.25. The largest absolute Gasteiger partial charge is 0.444 e. The smallest absolute Gasteiger partial charge is 0.410 e. The SMILES string of the molecule is CCN(C(C)=O)c1nc(CN2CCN(C(=O)OC(C)(C)C)C[C@H]2C)cs1. The van der Waals surface area contributed by atoms with E-state index in [0.717, 1.165) is 23.9 Å². The number of carbonyl (C=O) groups is 2. The maximum Gasteiger partial charge on any atom is 0.410 e. The fourth-order valence-electron chi connectivity index (χ4n) is 2.92. The zero-order valence-electron chi connectivity index (χ0n) is 16.6. The molecule has 0 radical (unpaired) electrons. The van der Waals surface area contributed by atoms with Crippen LogP contribution in [0.4, 0.5) is 9.93 Å². The van der Waals surface area contributed by atoms with Gasteiger partial charge in [0.05, 0.1) is 5.69 Å². The molecule has 0 spiro atoms. The van der Waals surface area contributed by atoms with Crippen molar-refractivity contribution in [3.8, 4) is 0 Å². The van der Waals surface area contributed by atoms with Gasteiger partial charge in [0.2, 0.25) is 5.91 Å². The maximum atomic E-state index is 12.2. The van der Waals surface area contributed by atoms with Gasteiger partial charge in [-0.1, -0.05) is 0 Å². The molecule has 1 fully saturated rings. The number of rotatable bonds is 4. The Morgan fingerprint density at radius 2 is 2.08 bits per heavy atom. The lowest BCUT2D eigenvalue weighted by atomic mass is 10.2. The number of thiazole rings is 1. The van der Waals surface area contributed by atoms with Gasteiger partial charge in [-0.15, -0.1) is 11.3 Å². The molecule has 8 heteroatoms. The lowest BCUT2D eigenvalue weighted by Crippen LogP contribution is -2.54. The molecule has 1 aliphatic heterocycles. The van der Waals surface area contributed by atoms with Crippen LogP contribution in [0.5, 0.6) is 0 Å². The van der Waals surface area contributed by atoms with Crippen LogP contribution in [0.3, 0.4) is 0 Å². The van der Waals surface area contributed by atoms with Crippen molar-refractivity contribution in [1.29, 1.82) is 0 Å². The molecule has 146 valence electrons. The van der Waals surface area contributed by atoms with E-state index in [0.29, 0.717) is 19.6 Å². The van der Waals surface area contributed by atoms with Gasteiger partial charge in [-0.2, -0.15) is 0 Å². The van der Waals surface area contributed by atoms with Gasteiger partial charge >= 0.3 is 6.09 Å². The van der Waals surface area contributed by atoms with Gasteiger partial charge in [0, 0.05) is 51.1 Å². The number of nitrogens with zero attached hydrogens (tertiary/aromatic N) is 4. The fourth-order valence-corrected chi connectivity index (χ4v) is 3.84. The van der Waals surface area contributed by atoms with E-state index in [-0.39, 0.29) is 18.0 Å². The standard InChI is InChI=1S/C18H30N4O3S/c1-7-22(14(3)23)16-19-15(12-26-16)11-20-8-9-21(10-13(20)2)17(24)25-18(4,5)6/h12-13H,7-11H2,1-6H3/t13-/m1/s1. The highest BCUT2D eigenvalue weighted by molar-refractivity contribution is 7.14. The van der Waals surface area contributed by atoms with Gasteiger partial charge in [0.15, 0.2) is 5.13 Å². The number of ether oxygens (including phenoxy) is 1. The number of anilines is 1. The van der Waals surface area contributed by atoms with Crippen LogP contribution in [0.1, 0.15) is 47.2 Å². The van der Waals surface area contributed by atoms with E-state index in [9.17, 15) is 9.59 Å². The predicted octanol–water partition coefficient (Wildman–Crippen LogP) is 2.96. The average molecular weight is 383 g/mol. The summed E-state index contributed by atoms with van der Waals surface area (Å²) in [4.78, 5) is 34.3. The zero-order valence-corrected chi connectivity index (χ0v) is 17.4. The summed E-state index contributed by atoms with van der Waals surface area (Å²) < 4.78 is 5.46. The van der Waals surface area contributed by atoms with E-state index >= 15 is 0 Å². The Hall–Kier alpha value is -1.67. The lowest BCUT2D eigenvalue weighted by Gasteiger charge is -2.39. The van der Waals surface area contributed by atoms with Crippen molar-refractivity contribution in [1.82, 2.24) is 14.8 Å². The molecule has 0 bridgehead atoms. The Labute approximate surface area is 159 Å². The van der Waals surface area contributed by atoms with Crippen molar-refractivity contribution >= 4 is 28.5 Å². The molecule has 2 amide bonds. The molecule has 1 aromatic heterocycles. The number of carbonyl (C=O) groups excluding carboxylic acids is 2. The quantitative estimate of drug-likeness (QED) is 0.801. The van der Waals surface area contributed by atoms with Gasteiger partial charge in [0.1, 0.15) is 5.60 Å². The number of aromatic nitrogens is 1. The summed E-state index contributed by atoms with van der Waals surface area (Å²) >= 11 is 1.49. The van der Waals surface area contributed by atoms with E-state index in [1.165, 1.54) is 11.3 Å². The van der Waals surface area contributed by atoms with Crippen molar-refractivity contribution in [3.63, 3.8) is 0 Å². The zero-order chi connectivity index (χ0) is 19.5. The highest BCUT2D eigenvalue weighted by Gasteiger charge is 2.30. The minimum atomic E-state index is -0.476. The second-order valence-corrected chi connectivity index (χ2v) is 8.47. The molecule has 0 N–H and O–H groups in total. The van der Waals surface area contributed by atoms with Crippen molar-refractivity contribution in [3.05, 3.63) is 11.1 Å². The fraction of sp³-hybridized carbons (Fsp3) is 0.722. The van der Waals surface area contributed by atoms with Crippen LogP contribution < -0.4 is 4.90 Å². The second-order valence-electron chi connectivity index (χ2n) is 7.63. The van der Waals surface area contributed by atoms with Crippen LogP contribution in [0.2, 0.25) is 0 Å². The first-order valence-corrected chi connectivity index (χ1v) is 9.93. The van der Waals surface area contributed by atoms with Gasteiger partial charge in [-0.05, 0) is 34.6 Å². The summed E-state index contributed by atoms with van der Waals surface area (Å²) in [6, 6.07) is 0.219. The monoisotopic (exact) mass is 382 g/mol. The Balaban J connectivity index is 1.93. The molecule has 0 saturated carbocycles. The van der Waals surface area contributed by atoms with Crippen molar-refractivity contribution < 1.29 is 14.3 Å². The van der Waals surface area contributed by atoms with E-state index < -0.39 is 5.60 Å². The van der Waals surface area contributed by atoms with Gasteiger partial charge < -0.3 is 9.64 Å². The molecule has 0 aliphatic carbocycles. The van der Waals surface area contributed by atoms with E-state index in [1.54, 1.807) is 16.7 Å². The van der Waals surface area contributed by atoms with Crippen LogP contribution in [-0.2, 0) is 16.1 Å². The van der Waals surface area contributed by atoms with Crippen LogP contribution in [0.15, 0.2) is 5.38 Å². The van der Waals surface area contributed by atoms with Crippen LogP contribution in [-0.4, -0.2) is 64.6 Å². The summed E-state index contributed by atoms with van der Waals surface area (Å²) in [6.07, 6.45) is -0.250. The third-order valence-corrected chi connectivity index (χ3v) is 5.16. The minimum Gasteiger partial charge on any atom is -0.444 e. The number of piperazine rings is 1. The van der Waals surface area contributed by atoms with E-state index in [2.05, 4.69) is 16.8 Å². The third kappa shape index (κ3) is 5.41. The van der Waals surface area contributed by atoms with Gasteiger partial charge in [-0.3, -0.25) is 14.6 Å². The average Bonchev–Trinajstić information content (AvgIpc) is 2.96. The number of hydrogen-bond acceptors (Lipinski definition) is 6. The highest BCUT2D eigenvalue weighted by Crippen LogP contribution is 2.23. The summed E-state index contributed by atoms with van der Waals surface area (Å²) in [5.41, 5.74) is 0.485. The predicted molar refractivity (Wildman–Crippen MR) is 103 cm³/mol. The minimum absolute atomic E-state index is 0.00717. The molecule has 7 nitrogen and oxygen atoms in total. The highest BCUT2D eigenvalue weighted by atomic mass is 32.1. The van der Waals surface area contributed by atoms with Crippen LogP contribution in [0, 0.1) is 0 Å². The van der Waals surface area contributed by atoms with Crippen molar-refractivity contribution in [2.24, 2.45) is 0 Å². The second kappa shape index (κ2) is 8.35. The molecule has 2 rings (SSSR count). The first-order valence-electron chi connectivity index (χ1n) is 9.05. The molecule has 1 aliphatic rings. The lowest BCUT2D eigenvalue weighted by molar-refractivity contribution is -0.116. The normalized spacial score (nSPS) is 18.7. The Kier molecular flexibility index (Phi) is 6.63. The van der Waals surface area contributed by atoms with E-state index in [4.69, 9.17) is 4.74 Å². The first-order chi connectivity index (χ1) is 12.1. The van der Waals surface area contributed by atoms with E-state index in [1.807, 2.05) is 33.1 Å². The Morgan fingerprint density at radius 3 is 2.62 bits per heavy atom. The van der Waals surface area contributed by atoms with Gasteiger partial charge in [0.25, 0.3) is 0 Å². The van der Waals surface area contributed by atoms with Crippen molar-refractivity contribution in [2.75, 3.05) is 31.1 Å². The molecule has 1 aromatic rings. The van der Waals surface area contributed by atoms with Crippen LogP contribution in [0.25, 0.3) is 0 Å². The van der Waals surface area contributed by atoms with Crippen molar-refractivity contribution in [2.45, 2.75) is 59.7 Å². The molecule has 0 unspecified atom stereocenters. The maximum absolute atomic E-state index is 12.2. The Bertz CT molecular complexity index is 641. The molecule has 1 saturated heterocycles. The van der Waals surface area contributed by atoms with Crippen LogP contribution >= 0.6 is 11.3 Å². The summed E-state index contributed by atoms with van der Waals surface area (Å²) in [5.74, 6) is 0.00717.